The molecule has 0 saturated heterocycles. The predicted octanol–water partition coefficient (Wildman–Crippen LogP) is 5.66. The summed E-state index contributed by atoms with van der Waals surface area (Å²) in [5.41, 5.74) is 1.90. The molecular weight excluding hydrogens is 459 g/mol. The van der Waals surface area contributed by atoms with Crippen LogP contribution >= 0.6 is 50.9 Å². The third-order valence-electron chi connectivity index (χ3n) is 3.41. The van der Waals surface area contributed by atoms with Gasteiger partial charge in [0.2, 0.25) is 5.91 Å². The molecule has 0 spiro atoms. The van der Waals surface area contributed by atoms with Gasteiger partial charge in [-0.2, -0.15) is 0 Å². The molecule has 26 heavy (non-hydrogen) atoms. The van der Waals surface area contributed by atoms with Gasteiger partial charge in [-0.3, -0.25) is 4.79 Å². The molecule has 0 bridgehead atoms. The maximum atomic E-state index is 12.4. The lowest BCUT2D eigenvalue weighted by molar-refractivity contribution is -0.115. The Morgan fingerprint density at radius 1 is 1.23 bits per heavy atom. The second-order valence-electron chi connectivity index (χ2n) is 5.34. The minimum absolute atomic E-state index is 0.228. The van der Waals surface area contributed by atoms with Gasteiger partial charge in [0.25, 0.3) is 0 Å². The second kappa shape index (κ2) is 8.43. The number of rotatable bonds is 5. The molecular formula is C17H13BrCl2N4OS. The van der Waals surface area contributed by atoms with E-state index in [4.69, 9.17) is 23.2 Å². The number of aromatic amines is 1. The van der Waals surface area contributed by atoms with Crippen LogP contribution in [-0.4, -0.2) is 26.1 Å². The molecule has 3 rings (SSSR count). The van der Waals surface area contributed by atoms with E-state index in [1.54, 1.807) is 13.1 Å². The van der Waals surface area contributed by atoms with Crippen molar-refractivity contribution in [2.24, 2.45) is 0 Å². The Balaban J connectivity index is 1.65. The standard InChI is InChI=1S/C17H13BrCl2N4OS/c1-9(16(25)24-15-13(20)6-12(19)7-21-15)26-17-22-8-14(23-17)10-2-4-11(18)5-3-10/h2-9H,1H3,(H,22,23)(H,21,24,25). The molecule has 2 N–H and O–H groups in total. The van der Waals surface area contributed by atoms with E-state index in [1.807, 2.05) is 24.3 Å². The molecule has 2 heterocycles. The van der Waals surface area contributed by atoms with Crippen LogP contribution in [0.3, 0.4) is 0 Å². The highest BCUT2D eigenvalue weighted by Gasteiger charge is 2.18. The number of imidazole rings is 1. The molecule has 3 aromatic rings. The van der Waals surface area contributed by atoms with Crippen molar-refractivity contribution in [3.63, 3.8) is 0 Å². The highest BCUT2D eigenvalue weighted by molar-refractivity contribution is 9.10. The van der Waals surface area contributed by atoms with Gasteiger partial charge in [0.1, 0.15) is 0 Å². The molecule has 1 unspecified atom stereocenters. The number of H-pyrrole nitrogens is 1. The van der Waals surface area contributed by atoms with Gasteiger partial charge in [0.05, 0.1) is 27.2 Å². The van der Waals surface area contributed by atoms with E-state index in [-0.39, 0.29) is 11.7 Å². The summed E-state index contributed by atoms with van der Waals surface area (Å²) in [6, 6.07) is 9.41. The number of anilines is 1. The van der Waals surface area contributed by atoms with E-state index in [0.29, 0.717) is 15.2 Å². The van der Waals surface area contributed by atoms with Gasteiger partial charge in [-0.1, -0.05) is 63.0 Å². The molecule has 134 valence electrons. The van der Waals surface area contributed by atoms with Crippen molar-refractivity contribution in [2.75, 3.05) is 5.32 Å². The topological polar surface area (TPSA) is 70.7 Å². The SMILES string of the molecule is CC(Sc1ncc(-c2ccc(Br)cc2)[nH]1)C(=O)Nc1ncc(Cl)cc1Cl. The maximum absolute atomic E-state index is 12.4. The molecule has 0 aliphatic carbocycles. The van der Waals surface area contributed by atoms with E-state index >= 15 is 0 Å². The zero-order valence-electron chi connectivity index (χ0n) is 13.5. The molecule has 9 heteroatoms. The molecule has 1 amide bonds. The number of hydrogen-bond donors (Lipinski definition) is 2. The second-order valence-corrected chi connectivity index (χ2v) is 8.43. The molecule has 0 aliphatic rings. The van der Waals surface area contributed by atoms with Crippen molar-refractivity contribution in [1.82, 2.24) is 15.0 Å². The molecule has 1 atom stereocenters. The van der Waals surface area contributed by atoms with Crippen molar-refractivity contribution in [1.29, 1.82) is 0 Å². The van der Waals surface area contributed by atoms with Gasteiger partial charge < -0.3 is 10.3 Å². The van der Waals surface area contributed by atoms with E-state index < -0.39 is 5.25 Å². The van der Waals surface area contributed by atoms with Crippen LogP contribution in [0.1, 0.15) is 6.92 Å². The summed E-state index contributed by atoms with van der Waals surface area (Å²) in [5.74, 6) is 0.0526. The molecule has 0 fully saturated rings. The number of nitrogens with one attached hydrogen (secondary N) is 2. The van der Waals surface area contributed by atoms with Gasteiger partial charge >= 0.3 is 0 Å². The van der Waals surface area contributed by atoms with Crippen LogP contribution in [-0.2, 0) is 4.79 Å². The number of hydrogen-bond acceptors (Lipinski definition) is 4. The minimum atomic E-state index is -0.396. The zero-order chi connectivity index (χ0) is 18.7. The van der Waals surface area contributed by atoms with Crippen LogP contribution < -0.4 is 5.32 Å². The summed E-state index contributed by atoms with van der Waals surface area (Å²) >= 11 is 16.6. The smallest absolute Gasteiger partial charge is 0.238 e. The normalized spacial score (nSPS) is 12.0. The fraction of sp³-hybridized carbons (Fsp3) is 0.118. The lowest BCUT2D eigenvalue weighted by atomic mass is 10.2. The highest BCUT2D eigenvalue weighted by atomic mass is 79.9. The van der Waals surface area contributed by atoms with Crippen molar-refractivity contribution >= 4 is 62.6 Å². The van der Waals surface area contributed by atoms with Crippen LogP contribution in [0.5, 0.6) is 0 Å². The highest BCUT2D eigenvalue weighted by Crippen LogP contribution is 2.27. The van der Waals surface area contributed by atoms with Crippen molar-refractivity contribution in [3.8, 4) is 11.3 Å². The quantitative estimate of drug-likeness (QED) is 0.471. The van der Waals surface area contributed by atoms with Gasteiger partial charge in [-0.15, -0.1) is 0 Å². The summed E-state index contributed by atoms with van der Waals surface area (Å²) in [6.45, 7) is 1.78. The molecule has 0 saturated carbocycles. The van der Waals surface area contributed by atoms with E-state index in [0.717, 1.165) is 15.7 Å². The summed E-state index contributed by atoms with van der Waals surface area (Å²) in [5, 5.41) is 3.65. The van der Waals surface area contributed by atoms with Crippen LogP contribution in [0, 0.1) is 0 Å². The fourth-order valence-corrected chi connectivity index (χ4v) is 3.56. The van der Waals surface area contributed by atoms with Gasteiger partial charge in [0, 0.05) is 10.7 Å². The minimum Gasteiger partial charge on any atom is -0.333 e. The third kappa shape index (κ3) is 4.79. The van der Waals surface area contributed by atoms with Crippen LogP contribution in [0.4, 0.5) is 5.82 Å². The molecule has 0 radical (unpaired) electrons. The number of halogens is 3. The van der Waals surface area contributed by atoms with Crippen LogP contribution in [0.2, 0.25) is 10.0 Å². The Kier molecular flexibility index (Phi) is 6.24. The summed E-state index contributed by atoms with van der Waals surface area (Å²) in [7, 11) is 0. The van der Waals surface area contributed by atoms with Gasteiger partial charge in [-0.25, -0.2) is 9.97 Å². The third-order valence-corrected chi connectivity index (χ3v) is 5.44. The van der Waals surface area contributed by atoms with Crippen LogP contribution in [0.15, 0.2) is 52.4 Å². The number of thioether (sulfide) groups is 1. The number of aromatic nitrogens is 3. The first-order valence-corrected chi connectivity index (χ1v) is 9.95. The van der Waals surface area contributed by atoms with Crippen molar-refractivity contribution in [3.05, 3.63) is 57.2 Å². The predicted molar refractivity (Wildman–Crippen MR) is 110 cm³/mol. The Bertz CT molecular complexity index is 933. The molecule has 5 nitrogen and oxygen atoms in total. The van der Waals surface area contributed by atoms with E-state index in [2.05, 4.69) is 36.2 Å². The number of pyridine rings is 1. The number of carbonyl (C=O) groups excluding carboxylic acids is 1. The number of amides is 1. The maximum Gasteiger partial charge on any atom is 0.238 e. The summed E-state index contributed by atoms with van der Waals surface area (Å²) in [6.07, 6.45) is 3.17. The Morgan fingerprint density at radius 2 is 1.96 bits per heavy atom. The number of benzene rings is 1. The first kappa shape index (κ1) is 19.2. The summed E-state index contributed by atoms with van der Waals surface area (Å²) in [4.78, 5) is 23.9. The lowest BCUT2D eigenvalue weighted by Gasteiger charge is -2.11. The monoisotopic (exact) mass is 470 g/mol. The Hall–Kier alpha value is -1.54. The fourth-order valence-electron chi connectivity index (χ4n) is 2.08. The summed E-state index contributed by atoms with van der Waals surface area (Å²) < 4.78 is 1.01. The molecule has 0 aliphatic heterocycles. The average molecular weight is 472 g/mol. The van der Waals surface area contributed by atoms with Crippen molar-refractivity contribution < 1.29 is 4.79 Å². The van der Waals surface area contributed by atoms with Crippen LogP contribution in [0.25, 0.3) is 11.3 Å². The van der Waals surface area contributed by atoms with Crippen molar-refractivity contribution in [2.45, 2.75) is 17.3 Å². The van der Waals surface area contributed by atoms with Gasteiger partial charge in [0.15, 0.2) is 11.0 Å². The first-order valence-electron chi connectivity index (χ1n) is 7.52. The molecule has 1 aromatic carbocycles. The average Bonchev–Trinajstić information content (AvgIpc) is 3.06. The Labute approximate surface area is 173 Å². The number of carbonyl (C=O) groups is 1. The Morgan fingerprint density at radius 3 is 2.65 bits per heavy atom. The van der Waals surface area contributed by atoms with Gasteiger partial charge in [-0.05, 0) is 30.7 Å². The lowest BCUT2D eigenvalue weighted by Crippen LogP contribution is -2.23. The largest absolute Gasteiger partial charge is 0.333 e. The first-order chi connectivity index (χ1) is 12.4. The zero-order valence-corrected chi connectivity index (χ0v) is 17.4. The number of nitrogens with zero attached hydrogens (tertiary/aromatic N) is 2. The van der Waals surface area contributed by atoms with E-state index in [9.17, 15) is 4.79 Å². The van der Waals surface area contributed by atoms with E-state index in [1.165, 1.54) is 24.0 Å². The molecule has 2 aromatic heterocycles.